The Balaban J connectivity index is 1.69. The molecule has 4 rings (SSSR count). The Morgan fingerprint density at radius 1 is 0.929 bits per heavy atom. The van der Waals surface area contributed by atoms with Gasteiger partial charge < -0.3 is 15.0 Å². The predicted octanol–water partition coefficient (Wildman–Crippen LogP) is 5.37. The van der Waals surface area contributed by atoms with E-state index in [1.54, 1.807) is 44.4 Å². The lowest BCUT2D eigenvalue weighted by molar-refractivity contribution is -0.139. The summed E-state index contributed by atoms with van der Waals surface area (Å²) in [5.74, 6) is -0.105. The average Bonchev–Trinajstić information content (AvgIpc) is 3.00. The van der Waals surface area contributed by atoms with Gasteiger partial charge in [0, 0.05) is 12.6 Å². The number of carbonyl (C=O) groups is 2. The van der Waals surface area contributed by atoms with Crippen LogP contribution in [0.15, 0.2) is 77.7 Å². The average molecular weight is 592 g/mol. The molecule has 0 bridgehead atoms. The van der Waals surface area contributed by atoms with Crippen LogP contribution in [0.3, 0.4) is 0 Å². The molecule has 1 N–H and O–H groups in total. The largest absolute Gasteiger partial charge is 0.497 e. The van der Waals surface area contributed by atoms with Gasteiger partial charge in [0.15, 0.2) is 0 Å². The quantitative estimate of drug-likeness (QED) is 0.323. The molecule has 1 fully saturated rings. The first kappa shape index (κ1) is 31.1. The maximum Gasteiger partial charge on any atom is 0.264 e. The number of aryl methyl sites for hydroxylation is 2. The number of sulfonamides is 1. The molecule has 1 atom stereocenters. The first-order valence-electron chi connectivity index (χ1n) is 14.5. The molecule has 0 unspecified atom stereocenters. The van der Waals surface area contributed by atoms with Gasteiger partial charge in [0.05, 0.1) is 17.7 Å². The predicted molar refractivity (Wildman–Crippen MR) is 165 cm³/mol. The van der Waals surface area contributed by atoms with Gasteiger partial charge in [-0.3, -0.25) is 13.9 Å². The van der Waals surface area contributed by atoms with Crippen molar-refractivity contribution >= 4 is 27.5 Å². The van der Waals surface area contributed by atoms with Gasteiger partial charge in [0.2, 0.25) is 11.8 Å². The second-order valence-corrected chi connectivity index (χ2v) is 12.8. The Labute approximate surface area is 249 Å². The van der Waals surface area contributed by atoms with Crippen molar-refractivity contribution in [3.05, 3.63) is 89.5 Å². The molecule has 0 heterocycles. The smallest absolute Gasteiger partial charge is 0.264 e. The minimum absolute atomic E-state index is 0.0768. The maximum absolute atomic E-state index is 14.2. The van der Waals surface area contributed by atoms with Crippen LogP contribution in [0, 0.1) is 13.8 Å². The van der Waals surface area contributed by atoms with Gasteiger partial charge >= 0.3 is 0 Å². The van der Waals surface area contributed by atoms with E-state index in [2.05, 4.69) is 5.32 Å². The van der Waals surface area contributed by atoms with E-state index in [9.17, 15) is 18.0 Å². The van der Waals surface area contributed by atoms with Crippen molar-refractivity contribution in [3.8, 4) is 5.75 Å². The first-order chi connectivity index (χ1) is 20.1. The third kappa shape index (κ3) is 7.50. The van der Waals surface area contributed by atoms with Gasteiger partial charge in [0.1, 0.15) is 18.3 Å². The van der Waals surface area contributed by atoms with Crippen molar-refractivity contribution in [2.45, 2.75) is 76.4 Å². The molecule has 9 heteroatoms. The summed E-state index contributed by atoms with van der Waals surface area (Å²) in [4.78, 5) is 29.2. The fourth-order valence-corrected chi connectivity index (χ4v) is 6.68. The molecule has 0 saturated heterocycles. The van der Waals surface area contributed by atoms with E-state index in [0.717, 1.165) is 53.1 Å². The van der Waals surface area contributed by atoms with Crippen molar-refractivity contribution in [1.82, 2.24) is 10.2 Å². The molecule has 1 aliphatic carbocycles. The lowest BCUT2D eigenvalue weighted by Crippen LogP contribution is -2.53. The maximum atomic E-state index is 14.2. The fraction of sp³-hybridized carbons (Fsp3) is 0.394. The van der Waals surface area contributed by atoms with E-state index in [0.29, 0.717) is 11.4 Å². The van der Waals surface area contributed by atoms with Gasteiger partial charge in [-0.15, -0.1) is 0 Å². The van der Waals surface area contributed by atoms with Gasteiger partial charge in [-0.25, -0.2) is 8.42 Å². The summed E-state index contributed by atoms with van der Waals surface area (Å²) in [7, 11) is -2.53. The fourth-order valence-electron chi connectivity index (χ4n) is 5.25. The molecule has 2 amide bonds. The summed E-state index contributed by atoms with van der Waals surface area (Å²) in [5, 5.41) is 3.13. The monoisotopic (exact) mass is 591 g/mol. The third-order valence-electron chi connectivity index (χ3n) is 7.99. The normalized spacial score (nSPS) is 14.6. The van der Waals surface area contributed by atoms with Crippen molar-refractivity contribution in [1.29, 1.82) is 0 Å². The summed E-state index contributed by atoms with van der Waals surface area (Å²) in [6.07, 6.45) is 5.12. The zero-order valence-corrected chi connectivity index (χ0v) is 25.7. The van der Waals surface area contributed by atoms with E-state index < -0.39 is 28.5 Å². The van der Waals surface area contributed by atoms with Crippen LogP contribution >= 0.6 is 0 Å². The Morgan fingerprint density at radius 2 is 1.64 bits per heavy atom. The van der Waals surface area contributed by atoms with Crippen LogP contribution in [0.2, 0.25) is 0 Å². The zero-order valence-electron chi connectivity index (χ0n) is 24.9. The second-order valence-electron chi connectivity index (χ2n) is 11.0. The lowest BCUT2D eigenvalue weighted by atomic mass is 9.95. The Morgan fingerprint density at radius 3 is 2.31 bits per heavy atom. The third-order valence-corrected chi connectivity index (χ3v) is 9.78. The van der Waals surface area contributed by atoms with Crippen molar-refractivity contribution < 1.29 is 22.7 Å². The van der Waals surface area contributed by atoms with Crippen molar-refractivity contribution in [2.24, 2.45) is 0 Å². The topological polar surface area (TPSA) is 96.0 Å². The first-order valence-corrected chi connectivity index (χ1v) is 15.9. The number of nitrogens with one attached hydrogen (secondary N) is 1. The molecule has 0 radical (unpaired) electrons. The second kappa shape index (κ2) is 13.9. The SMILES string of the molecule is COc1cccc(CN(C(=O)CN(c2ccc(C)c(C)c2)S(=O)(=O)c2ccccc2)[C@H](C)C(=O)NC2CCCCC2)c1. The number of carbonyl (C=O) groups excluding carboxylic acids is 2. The highest BCUT2D eigenvalue weighted by Crippen LogP contribution is 2.27. The molecule has 0 spiro atoms. The Bertz CT molecular complexity index is 1490. The standard InChI is InChI=1S/C33H41N3O5S/c1-24-18-19-29(20-25(24)2)36(42(39,40)31-16-9-6-10-17-31)23-32(37)35(22-27-12-11-15-30(21-27)41-4)26(3)33(38)34-28-13-7-5-8-14-28/h6,9-12,15-21,26,28H,5,7-8,13-14,22-23H2,1-4H3,(H,34,38)/t26-/m1/s1. The lowest BCUT2D eigenvalue weighted by Gasteiger charge is -2.33. The number of rotatable bonds is 11. The Hall–Kier alpha value is -3.85. The molecular weight excluding hydrogens is 550 g/mol. The van der Waals surface area contributed by atoms with Crippen LogP contribution < -0.4 is 14.4 Å². The van der Waals surface area contributed by atoms with Crippen LogP contribution in [0.1, 0.15) is 55.7 Å². The van der Waals surface area contributed by atoms with E-state index >= 15 is 0 Å². The highest BCUT2D eigenvalue weighted by Gasteiger charge is 2.33. The molecule has 224 valence electrons. The van der Waals surface area contributed by atoms with Crippen molar-refractivity contribution in [2.75, 3.05) is 18.0 Å². The van der Waals surface area contributed by atoms with E-state index in [4.69, 9.17) is 4.74 Å². The van der Waals surface area contributed by atoms with Crippen LogP contribution in [0.25, 0.3) is 0 Å². The molecule has 1 aliphatic rings. The highest BCUT2D eigenvalue weighted by molar-refractivity contribution is 7.92. The van der Waals surface area contributed by atoms with Crippen molar-refractivity contribution in [3.63, 3.8) is 0 Å². The molecule has 0 aromatic heterocycles. The highest BCUT2D eigenvalue weighted by atomic mass is 32.2. The van der Waals surface area contributed by atoms with Crippen LogP contribution in [-0.2, 0) is 26.2 Å². The zero-order chi connectivity index (χ0) is 30.3. The van der Waals surface area contributed by atoms with Crippen LogP contribution in [0.5, 0.6) is 5.75 Å². The van der Waals surface area contributed by atoms with E-state index in [1.165, 1.54) is 17.0 Å². The molecule has 3 aromatic rings. The van der Waals surface area contributed by atoms with E-state index in [1.807, 2.05) is 44.2 Å². The molecule has 3 aromatic carbocycles. The number of amides is 2. The number of ether oxygens (including phenoxy) is 1. The number of anilines is 1. The number of benzene rings is 3. The molecule has 0 aliphatic heterocycles. The molecule has 42 heavy (non-hydrogen) atoms. The number of methoxy groups -OCH3 is 1. The number of hydrogen-bond acceptors (Lipinski definition) is 5. The molecule has 1 saturated carbocycles. The minimum Gasteiger partial charge on any atom is -0.497 e. The summed E-state index contributed by atoms with van der Waals surface area (Å²) in [6.45, 7) is 5.19. The van der Waals surface area contributed by atoms with Gasteiger partial charge in [-0.2, -0.15) is 0 Å². The van der Waals surface area contributed by atoms with Gasteiger partial charge in [0.25, 0.3) is 10.0 Å². The van der Waals surface area contributed by atoms with Crippen LogP contribution in [0.4, 0.5) is 5.69 Å². The van der Waals surface area contributed by atoms with Gasteiger partial charge in [-0.05, 0) is 86.7 Å². The van der Waals surface area contributed by atoms with Crippen LogP contribution in [-0.4, -0.2) is 50.9 Å². The summed E-state index contributed by atoms with van der Waals surface area (Å²) >= 11 is 0. The number of hydrogen-bond donors (Lipinski definition) is 1. The summed E-state index contributed by atoms with van der Waals surface area (Å²) < 4.78 is 34.4. The Kier molecular flexibility index (Phi) is 10.3. The molecule has 8 nitrogen and oxygen atoms in total. The van der Waals surface area contributed by atoms with Gasteiger partial charge in [-0.1, -0.05) is 55.7 Å². The van der Waals surface area contributed by atoms with E-state index in [-0.39, 0.29) is 23.4 Å². The summed E-state index contributed by atoms with van der Waals surface area (Å²) in [5.41, 5.74) is 3.07. The molecular formula is C33H41N3O5S. The summed E-state index contributed by atoms with van der Waals surface area (Å²) in [6, 6.07) is 20.0. The minimum atomic E-state index is -4.10. The number of nitrogens with zero attached hydrogens (tertiary/aromatic N) is 2.